The molecule has 0 saturated carbocycles. The standard InChI is InChI=1S/C16H22FNO/c1-4-8-18-9-7-16(2,3)15-11-12-10-13(17)5-6-14(12)19-15/h5-6,10-11,18H,4,7-9H2,1-3H3. The smallest absolute Gasteiger partial charge is 0.134 e. The van der Waals surface area contributed by atoms with E-state index in [1.54, 1.807) is 6.07 Å². The number of halogens is 1. The van der Waals surface area contributed by atoms with Gasteiger partial charge < -0.3 is 9.73 Å². The van der Waals surface area contributed by atoms with Gasteiger partial charge in [-0.25, -0.2) is 4.39 Å². The molecule has 1 aromatic carbocycles. The Labute approximate surface area is 114 Å². The lowest BCUT2D eigenvalue weighted by Crippen LogP contribution is -2.25. The second kappa shape index (κ2) is 5.74. The number of nitrogens with one attached hydrogen (secondary N) is 1. The summed E-state index contributed by atoms with van der Waals surface area (Å²) >= 11 is 0. The van der Waals surface area contributed by atoms with Crippen LogP contribution in [0.4, 0.5) is 4.39 Å². The van der Waals surface area contributed by atoms with E-state index in [2.05, 4.69) is 26.1 Å². The fourth-order valence-corrected chi connectivity index (χ4v) is 2.17. The summed E-state index contributed by atoms with van der Waals surface area (Å²) in [5.41, 5.74) is 0.710. The fourth-order valence-electron chi connectivity index (χ4n) is 2.17. The first-order valence-electron chi connectivity index (χ1n) is 6.93. The maximum absolute atomic E-state index is 13.2. The van der Waals surface area contributed by atoms with E-state index < -0.39 is 0 Å². The molecule has 0 amide bonds. The molecule has 2 aromatic rings. The second-order valence-electron chi connectivity index (χ2n) is 5.68. The van der Waals surface area contributed by atoms with Crippen molar-refractivity contribution in [2.75, 3.05) is 13.1 Å². The zero-order valence-electron chi connectivity index (χ0n) is 11.9. The summed E-state index contributed by atoms with van der Waals surface area (Å²) in [5, 5.41) is 4.24. The number of rotatable bonds is 6. The van der Waals surface area contributed by atoms with Crippen LogP contribution in [0.15, 0.2) is 28.7 Å². The molecule has 0 spiro atoms. The molecule has 3 heteroatoms. The van der Waals surface area contributed by atoms with Crippen LogP contribution in [0, 0.1) is 5.82 Å². The summed E-state index contributed by atoms with van der Waals surface area (Å²) in [5.74, 6) is 0.702. The van der Waals surface area contributed by atoms with Gasteiger partial charge in [0, 0.05) is 10.8 Å². The van der Waals surface area contributed by atoms with Crippen LogP contribution < -0.4 is 5.32 Å². The highest BCUT2D eigenvalue weighted by Gasteiger charge is 2.24. The lowest BCUT2D eigenvalue weighted by atomic mass is 9.86. The van der Waals surface area contributed by atoms with Gasteiger partial charge in [-0.1, -0.05) is 20.8 Å². The summed E-state index contributed by atoms with van der Waals surface area (Å²) < 4.78 is 19.0. The molecule has 0 aliphatic rings. The number of furan rings is 1. The SMILES string of the molecule is CCCNCCC(C)(C)c1cc2cc(F)ccc2o1. The Bertz CT molecular complexity index is 545. The van der Waals surface area contributed by atoms with E-state index in [4.69, 9.17) is 4.42 Å². The maximum Gasteiger partial charge on any atom is 0.134 e. The number of hydrogen-bond donors (Lipinski definition) is 1. The van der Waals surface area contributed by atoms with Crippen LogP contribution in [-0.2, 0) is 5.41 Å². The molecule has 0 atom stereocenters. The Morgan fingerprint density at radius 1 is 1.21 bits per heavy atom. The molecule has 19 heavy (non-hydrogen) atoms. The summed E-state index contributed by atoms with van der Waals surface area (Å²) in [6.07, 6.45) is 2.14. The van der Waals surface area contributed by atoms with Crippen LogP contribution in [0.25, 0.3) is 11.0 Å². The predicted molar refractivity (Wildman–Crippen MR) is 77.0 cm³/mol. The average Bonchev–Trinajstić information content (AvgIpc) is 2.78. The second-order valence-corrected chi connectivity index (χ2v) is 5.68. The highest BCUT2D eigenvalue weighted by atomic mass is 19.1. The molecule has 1 heterocycles. The molecule has 2 rings (SSSR count). The summed E-state index contributed by atoms with van der Waals surface area (Å²) in [7, 11) is 0. The van der Waals surface area contributed by atoms with E-state index in [1.807, 2.05) is 6.07 Å². The van der Waals surface area contributed by atoms with Crippen molar-refractivity contribution in [2.45, 2.75) is 39.0 Å². The van der Waals surface area contributed by atoms with Crippen molar-refractivity contribution in [3.8, 4) is 0 Å². The minimum atomic E-state index is -0.220. The van der Waals surface area contributed by atoms with Crippen molar-refractivity contribution in [2.24, 2.45) is 0 Å². The topological polar surface area (TPSA) is 25.2 Å². The van der Waals surface area contributed by atoms with E-state index in [1.165, 1.54) is 12.1 Å². The largest absolute Gasteiger partial charge is 0.461 e. The zero-order valence-corrected chi connectivity index (χ0v) is 11.9. The molecular weight excluding hydrogens is 241 g/mol. The lowest BCUT2D eigenvalue weighted by molar-refractivity contribution is 0.371. The fraction of sp³-hybridized carbons (Fsp3) is 0.500. The molecular formula is C16H22FNO. The van der Waals surface area contributed by atoms with Gasteiger partial charge in [-0.2, -0.15) is 0 Å². The highest BCUT2D eigenvalue weighted by molar-refractivity contribution is 5.78. The normalized spacial score (nSPS) is 12.2. The molecule has 0 fully saturated rings. The molecule has 1 aromatic heterocycles. The van der Waals surface area contributed by atoms with Crippen molar-refractivity contribution < 1.29 is 8.81 Å². The molecule has 104 valence electrons. The molecule has 0 saturated heterocycles. The van der Waals surface area contributed by atoms with Crippen molar-refractivity contribution in [3.05, 3.63) is 35.8 Å². The Balaban J connectivity index is 2.13. The van der Waals surface area contributed by atoms with Crippen molar-refractivity contribution in [1.82, 2.24) is 5.32 Å². The highest BCUT2D eigenvalue weighted by Crippen LogP contribution is 2.32. The van der Waals surface area contributed by atoms with Crippen molar-refractivity contribution in [3.63, 3.8) is 0 Å². The third kappa shape index (κ3) is 3.35. The molecule has 0 unspecified atom stereocenters. The Kier molecular flexibility index (Phi) is 4.25. The Morgan fingerprint density at radius 3 is 2.74 bits per heavy atom. The molecule has 0 aliphatic carbocycles. The summed E-state index contributed by atoms with van der Waals surface area (Å²) in [4.78, 5) is 0. The van der Waals surface area contributed by atoms with Gasteiger partial charge >= 0.3 is 0 Å². The summed E-state index contributed by atoms with van der Waals surface area (Å²) in [6, 6.07) is 6.61. The molecule has 1 N–H and O–H groups in total. The van der Waals surface area contributed by atoms with Gasteiger partial charge in [0.25, 0.3) is 0 Å². The Morgan fingerprint density at radius 2 is 2.00 bits per heavy atom. The van der Waals surface area contributed by atoms with Gasteiger partial charge in [-0.3, -0.25) is 0 Å². The molecule has 0 bridgehead atoms. The number of fused-ring (bicyclic) bond motifs is 1. The van der Waals surface area contributed by atoms with Gasteiger partial charge in [0.2, 0.25) is 0 Å². The van der Waals surface area contributed by atoms with E-state index >= 15 is 0 Å². The van der Waals surface area contributed by atoms with E-state index in [9.17, 15) is 4.39 Å². The first-order chi connectivity index (χ1) is 9.03. The first kappa shape index (κ1) is 14.1. The summed E-state index contributed by atoms with van der Waals surface area (Å²) in [6.45, 7) is 8.49. The molecule has 0 aliphatic heterocycles. The van der Waals surface area contributed by atoms with E-state index in [0.717, 1.165) is 42.7 Å². The Hall–Kier alpha value is -1.35. The van der Waals surface area contributed by atoms with E-state index in [0.29, 0.717) is 0 Å². The average molecular weight is 263 g/mol. The molecule has 0 radical (unpaired) electrons. The van der Waals surface area contributed by atoms with Gasteiger partial charge in [0.15, 0.2) is 0 Å². The minimum Gasteiger partial charge on any atom is -0.461 e. The zero-order chi connectivity index (χ0) is 13.9. The number of hydrogen-bond acceptors (Lipinski definition) is 2. The van der Waals surface area contributed by atoms with Crippen LogP contribution in [0.2, 0.25) is 0 Å². The van der Waals surface area contributed by atoms with Gasteiger partial charge in [0.1, 0.15) is 17.2 Å². The van der Waals surface area contributed by atoms with Gasteiger partial charge in [-0.05, 0) is 50.2 Å². The third-order valence-electron chi connectivity index (χ3n) is 3.50. The van der Waals surface area contributed by atoms with Crippen LogP contribution in [0.3, 0.4) is 0 Å². The van der Waals surface area contributed by atoms with Crippen LogP contribution >= 0.6 is 0 Å². The van der Waals surface area contributed by atoms with Crippen LogP contribution in [0.5, 0.6) is 0 Å². The minimum absolute atomic E-state index is 0.0454. The molecule has 2 nitrogen and oxygen atoms in total. The van der Waals surface area contributed by atoms with Crippen LogP contribution in [-0.4, -0.2) is 13.1 Å². The number of benzene rings is 1. The quantitative estimate of drug-likeness (QED) is 0.789. The van der Waals surface area contributed by atoms with Crippen LogP contribution in [0.1, 0.15) is 39.4 Å². The lowest BCUT2D eigenvalue weighted by Gasteiger charge is -2.22. The maximum atomic E-state index is 13.2. The van der Waals surface area contributed by atoms with E-state index in [-0.39, 0.29) is 11.2 Å². The van der Waals surface area contributed by atoms with Crippen molar-refractivity contribution in [1.29, 1.82) is 0 Å². The van der Waals surface area contributed by atoms with Crippen molar-refractivity contribution >= 4 is 11.0 Å². The first-order valence-corrected chi connectivity index (χ1v) is 6.93. The third-order valence-corrected chi connectivity index (χ3v) is 3.50. The predicted octanol–water partition coefficient (Wildman–Crippen LogP) is 4.24. The van der Waals surface area contributed by atoms with Gasteiger partial charge in [0.05, 0.1) is 0 Å². The van der Waals surface area contributed by atoms with Gasteiger partial charge in [-0.15, -0.1) is 0 Å². The monoisotopic (exact) mass is 263 g/mol.